The molecule has 1 saturated heterocycles. The summed E-state index contributed by atoms with van der Waals surface area (Å²) in [5.74, 6) is 1.23. The molecule has 2 nitrogen and oxygen atoms in total. The number of hydrogen-bond donors (Lipinski definition) is 0. The predicted octanol–water partition coefficient (Wildman–Crippen LogP) is 2.71. The van der Waals surface area contributed by atoms with Gasteiger partial charge in [-0.2, -0.15) is 0 Å². The molecule has 1 aromatic carbocycles. The van der Waals surface area contributed by atoms with Gasteiger partial charge in [-0.25, -0.2) is 0 Å². The van der Waals surface area contributed by atoms with E-state index in [-0.39, 0.29) is 5.91 Å². The van der Waals surface area contributed by atoms with Crippen LogP contribution in [-0.4, -0.2) is 29.8 Å². The lowest BCUT2D eigenvalue weighted by Crippen LogP contribution is -2.26. The van der Waals surface area contributed by atoms with Crippen molar-refractivity contribution in [3.05, 3.63) is 35.9 Å². The minimum atomic E-state index is 0.267. The van der Waals surface area contributed by atoms with Crippen molar-refractivity contribution in [1.29, 1.82) is 0 Å². The lowest BCUT2D eigenvalue weighted by molar-refractivity contribution is -0.127. The molecule has 0 saturated carbocycles. The van der Waals surface area contributed by atoms with Crippen LogP contribution in [0.25, 0.3) is 0 Å². The third-order valence-electron chi connectivity index (χ3n) is 3.25. The first kappa shape index (κ1) is 12.4. The topological polar surface area (TPSA) is 20.3 Å². The van der Waals surface area contributed by atoms with E-state index >= 15 is 0 Å². The van der Waals surface area contributed by atoms with E-state index < -0.39 is 0 Å². The number of nitrogens with zero attached hydrogens (tertiary/aromatic N) is 1. The third kappa shape index (κ3) is 3.47. The van der Waals surface area contributed by atoms with Crippen LogP contribution in [-0.2, 0) is 11.2 Å². The fourth-order valence-electron chi connectivity index (χ4n) is 2.29. The highest BCUT2D eigenvalue weighted by atomic mass is 35.5. The average Bonchev–Trinajstić information content (AvgIpc) is 2.72. The lowest BCUT2D eigenvalue weighted by Gasteiger charge is -2.15. The largest absolute Gasteiger partial charge is 0.342 e. The molecule has 0 spiro atoms. The van der Waals surface area contributed by atoms with E-state index in [1.807, 2.05) is 11.0 Å². The molecule has 0 N–H and O–H groups in total. The van der Waals surface area contributed by atoms with E-state index in [0.717, 1.165) is 25.9 Å². The van der Waals surface area contributed by atoms with Crippen LogP contribution in [0.5, 0.6) is 0 Å². The van der Waals surface area contributed by atoms with E-state index in [0.29, 0.717) is 18.2 Å². The van der Waals surface area contributed by atoms with E-state index in [4.69, 9.17) is 11.6 Å². The van der Waals surface area contributed by atoms with Crippen molar-refractivity contribution in [2.45, 2.75) is 19.3 Å². The highest BCUT2D eigenvalue weighted by Gasteiger charge is 2.28. The van der Waals surface area contributed by atoms with Crippen molar-refractivity contribution < 1.29 is 4.79 Å². The smallest absolute Gasteiger partial charge is 0.222 e. The number of likely N-dealkylation sites (tertiary alicyclic amines) is 1. The zero-order chi connectivity index (χ0) is 12.1. The van der Waals surface area contributed by atoms with Crippen LogP contribution >= 0.6 is 11.6 Å². The monoisotopic (exact) mass is 251 g/mol. The summed E-state index contributed by atoms with van der Waals surface area (Å²) in [6, 6.07) is 10.4. The van der Waals surface area contributed by atoms with E-state index in [1.165, 1.54) is 5.56 Å². The molecule has 17 heavy (non-hydrogen) atoms. The first-order chi connectivity index (χ1) is 8.29. The molecule has 1 heterocycles. The highest BCUT2D eigenvalue weighted by Crippen LogP contribution is 2.19. The zero-order valence-electron chi connectivity index (χ0n) is 9.94. The summed E-state index contributed by atoms with van der Waals surface area (Å²) >= 11 is 5.79. The minimum absolute atomic E-state index is 0.267. The molecule has 3 heteroatoms. The van der Waals surface area contributed by atoms with Crippen molar-refractivity contribution >= 4 is 17.5 Å². The fourth-order valence-corrected chi connectivity index (χ4v) is 2.50. The maximum Gasteiger partial charge on any atom is 0.222 e. The maximum absolute atomic E-state index is 11.7. The Balaban J connectivity index is 1.74. The van der Waals surface area contributed by atoms with Crippen molar-refractivity contribution in [2.75, 3.05) is 19.0 Å². The Morgan fingerprint density at radius 1 is 1.29 bits per heavy atom. The molecule has 1 fully saturated rings. The minimum Gasteiger partial charge on any atom is -0.342 e. The lowest BCUT2D eigenvalue weighted by atomic mass is 10.1. The molecule has 1 aliphatic heterocycles. The maximum atomic E-state index is 11.7. The van der Waals surface area contributed by atoms with E-state index in [9.17, 15) is 4.79 Å². The molecule has 1 aromatic rings. The quantitative estimate of drug-likeness (QED) is 0.737. The van der Waals surface area contributed by atoms with Gasteiger partial charge in [-0.05, 0) is 24.3 Å². The van der Waals surface area contributed by atoms with Crippen LogP contribution in [0.15, 0.2) is 30.3 Å². The second-order valence-corrected chi connectivity index (χ2v) is 4.96. The number of aryl methyl sites for hydroxylation is 1. The number of halogens is 1. The van der Waals surface area contributed by atoms with E-state index in [2.05, 4.69) is 24.3 Å². The molecule has 92 valence electrons. The van der Waals surface area contributed by atoms with Gasteiger partial charge in [0.2, 0.25) is 5.91 Å². The summed E-state index contributed by atoms with van der Waals surface area (Å²) in [6.45, 7) is 1.71. The number of hydrogen-bond acceptors (Lipinski definition) is 1. The first-order valence-corrected chi connectivity index (χ1v) is 6.70. The predicted molar refractivity (Wildman–Crippen MR) is 70.2 cm³/mol. The number of alkyl halides is 1. The summed E-state index contributed by atoms with van der Waals surface area (Å²) < 4.78 is 0. The Kier molecular flexibility index (Phi) is 4.43. The SMILES string of the molecule is O=C1CC(CCl)CN1CCCc1ccccc1. The summed E-state index contributed by atoms with van der Waals surface area (Å²) in [6.07, 6.45) is 2.70. The van der Waals surface area contributed by atoms with E-state index in [1.54, 1.807) is 0 Å². The van der Waals surface area contributed by atoms with Gasteiger partial charge >= 0.3 is 0 Å². The molecule has 1 aliphatic rings. The highest BCUT2D eigenvalue weighted by molar-refractivity contribution is 6.18. The average molecular weight is 252 g/mol. The number of amides is 1. The van der Waals surface area contributed by atoms with Crippen LogP contribution in [0.3, 0.4) is 0 Å². The Morgan fingerprint density at radius 3 is 2.71 bits per heavy atom. The second kappa shape index (κ2) is 6.06. The van der Waals surface area contributed by atoms with Crippen LogP contribution in [0.2, 0.25) is 0 Å². The molecule has 1 amide bonds. The Hall–Kier alpha value is -1.02. The van der Waals surface area contributed by atoms with Crippen LogP contribution in [0.4, 0.5) is 0 Å². The second-order valence-electron chi connectivity index (χ2n) is 4.65. The van der Waals surface area contributed by atoms with Crippen molar-refractivity contribution in [3.63, 3.8) is 0 Å². The van der Waals surface area contributed by atoms with Crippen molar-refractivity contribution in [2.24, 2.45) is 5.92 Å². The molecular formula is C14H18ClNO. The molecule has 2 rings (SSSR count). The summed E-state index contributed by atoms with van der Waals surface area (Å²) in [7, 11) is 0. The van der Waals surface area contributed by atoms with Crippen LogP contribution in [0, 0.1) is 5.92 Å². The fraction of sp³-hybridized carbons (Fsp3) is 0.500. The molecular weight excluding hydrogens is 234 g/mol. The van der Waals surface area contributed by atoms with Crippen molar-refractivity contribution in [1.82, 2.24) is 4.90 Å². The normalized spacial score (nSPS) is 19.9. The molecule has 1 unspecified atom stereocenters. The Bertz CT molecular complexity index is 366. The van der Waals surface area contributed by atoms with Gasteiger partial charge in [-0.3, -0.25) is 4.79 Å². The zero-order valence-corrected chi connectivity index (χ0v) is 10.7. The van der Waals surface area contributed by atoms with Crippen LogP contribution < -0.4 is 0 Å². The number of benzene rings is 1. The summed E-state index contributed by atoms with van der Waals surface area (Å²) in [5, 5.41) is 0. The van der Waals surface area contributed by atoms with Crippen LogP contribution in [0.1, 0.15) is 18.4 Å². The summed E-state index contributed by atoms with van der Waals surface area (Å²) in [4.78, 5) is 13.6. The van der Waals surface area contributed by atoms with Crippen molar-refractivity contribution in [3.8, 4) is 0 Å². The standard InChI is InChI=1S/C14H18ClNO/c15-10-13-9-14(17)16(11-13)8-4-7-12-5-2-1-3-6-12/h1-3,5-6,13H,4,7-11H2. The first-order valence-electron chi connectivity index (χ1n) is 6.17. The van der Waals surface area contributed by atoms with Gasteiger partial charge in [-0.1, -0.05) is 30.3 Å². The molecule has 0 radical (unpaired) electrons. The summed E-state index contributed by atoms with van der Waals surface area (Å²) in [5.41, 5.74) is 1.34. The van der Waals surface area contributed by atoms with Gasteiger partial charge in [0.25, 0.3) is 0 Å². The molecule has 0 bridgehead atoms. The van der Waals surface area contributed by atoms with Gasteiger partial charge in [0.1, 0.15) is 0 Å². The number of carbonyl (C=O) groups is 1. The van der Waals surface area contributed by atoms with Gasteiger partial charge < -0.3 is 4.90 Å². The Morgan fingerprint density at radius 2 is 2.06 bits per heavy atom. The molecule has 1 atom stereocenters. The Labute approximate surface area is 108 Å². The van der Waals surface area contributed by atoms with Gasteiger partial charge in [-0.15, -0.1) is 11.6 Å². The third-order valence-corrected chi connectivity index (χ3v) is 3.69. The number of carbonyl (C=O) groups excluding carboxylic acids is 1. The molecule has 0 aliphatic carbocycles. The van der Waals surface area contributed by atoms with Gasteiger partial charge in [0.05, 0.1) is 0 Å². The number of rotatable bonds is 5. The van der Waals surface area contributed by atoms with Gasteiger partial charge in [0, 0.05) is 25.4 Å². The van der Waals surface area contributed by atoms with Gasteiger partial charge in [0.15, 0.2) is 0 Å². The molecule has 0 aromatic heterocycles.